The summed E-state index contributed by atoms with van der Waals surface area (Å²) in [7, 11) is 12.8. The number of nitrogens with zero attached hydrogens (tertiary/aromatic N) is 4. The highest BCUT2D eigenvalue weighted by Gasteiger charge is 2.26. The Hall–Kier alpha value is -6.47. The van der Waals surface area contributed by atoms with E-state index in [-0.39, 0.29) is 0 Å². The first kappa shape index (κ1) is 37.1. The molecule has 1 aliphatic carbocycles. The lowest BCUT2D eigenvalue weighted by Gasteiger charge is -2.20. The first-order valence-electron chi connectivity index (χ1n) is 20.0. The fraction of sp³-hybridized carbons (Fsp3) is 0.0851. The topological polar surface area (TPSA) is 67.2 Å². The van der Waals surface area contributed by atoms with Crippen molar-refractivity contribution in [3.8, 4) is 16.8 Å². The largest absolute Gasteiger partial charge is 0.456 e. The molecule has 0 radical (unpaired) electrons. The third-order valence-corrected chi connectivity index (χ3v) is 12.3. The maximum absolute atomic E-state index is 6.41. The average molecular weight is 747 g/mol. The van der Waals surface area contributed by atoms with E-state index in [1.54, 1.807) is 0 Å². The molecule has 0 fully saturated rings. The van der Waals surface area contributed by atoms with Crippen molar-refractivity contribution >= 4 is 135 Å². The smallest absolute Gasteiger partial charge is 0.163 e. The van der Waals surface area contributed by atoms with Crippen LogP contribution in [0, 0.1) is 5.92 Å². The van der Waals surface area contributed by atoms with Crippen molar-refractivity contribution < 1.29 is 4.42 Å². The second kappa shape index (κ2) is 14.8. The highest BCUT2D eigenvalue weighted by Crippen LogP contribution is 2.46. The number of amidine groups is 2. The summed E-state index contributed by atoms with van der Waals surface area (Å²) >= 11 is 0. The third kappa shape index (κ3) is 5.99. The fourth-order valence-corrected chi connectivity index (χ4v) is 8.94. The van der Waals surface area contributed by atoms with E-state index >= 15 is 0 Å². The molecule has 276 valence electrons. The summed E-state index contributed by atoms with van der Waals surface area (Å²) in [6, 6.07) is 37.8. The predicted octanol–water partition coefficient (Wildman–Crippen LogP) is 2.96. The molecule has 0 spiro atoms. The highest BCUT2D eigenvalue weighted by molar-refractivity contribution is 6.68. The van der Waals surface area contributed by atoms with Crippen LogP contribution in [0.3, 0.4) is 0 Å². The predicted molar refractivity (Wildman–Crippen MR) is 263 cm³/mol. The molecule has 0 bridgehead atoms. The highest BCUT2D eigenvalue weighted by atomic mass is 16.3. The minimum atomic E-state index is 0.423. The van der Waals surface area contributed by atoms with Crippen LogP contribution in [0.5, 0.6) is 0 Å². The first-order valence-corrected chi connectivity index (χ1v) is 20.0. The van der Waals surface area contributed by atoms with Crippen LogP contribution < -0.4 is 32.6 Å². The van der Waals surface area contributed by atoms with E-state index in [9.17, 15) is 0 Å². The molecule has 1 atom stereocenters. The summed E-state index contributed by atoms with van der Waals surface area (Å²) in [5.74, 6) is 1.48. The van der Waals surface area contributed by atoms with E-state index in [1.807, 2.05) is 37.4 Å². The van der Waals surface area contributed by atoms with Crippen LogP contribution in [0.2, 0.25) is 0 Å². The standard InChI is InChI=1S/C47H42B5N5O/c1-25-20-21-28-34(24-25)57(26-12-5-4-6-13-26)33-23-22-32(53-2)38(39(28)33)27-14-7-9-17-31(27)55-46(30-16-11-19-36-37(30)29-15-8-10-18-35(29)58-36)56-47(54-3)40-41(48)43(50)45(52)44(51)42(40)49/h4-23,25,53H,3,24,48-52H2,1-2H3/b55-46-,56-47-. The third-order valence-electron chi connectivity index (χ3n) is 12.3. The minimum absolute atomic E-state index is 0.423. The molecule has 0 amide bonds. The van der Waals surface area contributed by atoms with Gasteiger partial charge >= 0.3 is 0 Å². The lowest BCUT2D eigenvalue weighted by Crippen LogP contribution is -2.57. The number of fused-ring (bicyclic) bond motifs is 6. The molecule has 2 heterocycles. The lowest BCUT2D eigenvalue weighted by molar-refractivity contribution is 0.669. The SMILES string of the molecule is Bc1c(B)c(B)c(/C(N=C)=N/C(=N\c2ccccc2-c2c(NC)ccc3c2c2c(n3-c3ccccc3)CC(C)C=C2)c2cccc3oc4ccccc4c23)c(B)c1B. The van der Waals surface area contributed by atoms with Crippen LogP contribution >= 0.6 is 0 Å². The van der Waals surface area contributed by atoms with E-state index in [0.717, 1.165) is 84.1 Å². The van der Waals surface area contributed by atoms with Gasteiger partial charge in [0.2, 0.25) is 0 Å². The van der Waals surface area contributed by atoms with Crippen molar-refractivity contribution in [2.24, 2.45) is 20.9 Å². The number of hydrogen-bond donors (Lipinski definition) is 1. The Morgan fingerprint density at radius 2 is 1.43 bits per heavy atom. The van der Waals surface area contributed by atoms with Gasteiger partial charge < -0.3 is 14.3 Å². The van der Waals surface area contributed by atoms with E-state index < -0.39 is 0 Å². The Kier molecular flexibility index (Phi) is 9.47. The molecule has 1 aliphatic rings. The van der Waals surface area contributed by atoms with Crippen LogP contribution in [0.15, 0.2) is 135 Å². The van der Waals surface area contributed by atoms with Crippen molar-refractivity contribution in [2.75, 3.05) is 12.4 Å². The summed E-state index contributed by atoms with van der Waals surface area (Å²) < 4.78 is 8.85. The number of anilines is 1. The second-order valence-corrected chi connectivity index (χ2v) is 15.5. The molecule has 0 aliphatic heterocycles. The van der Waals surface area contributed by atoms with Gasteiger partial charge in [-0.05, 0) is 61.5 Å². The molecule has 58 heavy (non-hydrogen) atoms. The summed E-state index contributed by atoms with van der Waals surface area (Å²) in [4.78, 5) is 15.7. The van der Waals surface area contributed by atoms with Gasteiger partial charge in [-0.25, -0.2) is 15.0 Å². The number of rotatable bonds is 6. The summed E-state index contributed by atoms with van der Waals surface area (Å²) in [5, 5.41) is 6.70. The zero-order valence-electron chi connectivity index (χ0n) is 34.2. The molecular formula is C47H42B5N5O. The molecule has 6 nitrogen and oxygen atoms in total. The molecule has 1 unspecified atom stereocenters. The normalized spacial score (nSPS) is 14.3. The number of hydrogen-bond acceptors (Lipinski definition) is 3. The van der Waals surface area contributed by atoms with Gasteiger partial charge in [0.25, 0.3) is 0 Å². The van der Waals surface area contributed by atoms with Gasteiger partial charge in [-0.2, -0.15) is 0 Å². The Labute approximate surface area is 344 Å². The molecule has 1 N–H and O–H groups in total. The van der Waals surface area contributed by atoms with E-state index in [0.29, 0.717) is 17.6 Å². The van der Waals surface area contributed by atoms with Gasteiger partial charge in [0.15, 0.2) is 11.7 Å². The Balaban J connectivity index is 1.37. The van der Waals surface area contributed by atoms with Crippen molar-refractivity contribution in [1.29, 1.82) is 0 Å². The van der Waals surface area contributed by atoms with Gasteiger partial charge in [-0.3, -0.25) is 0 Å². The van der Waals surface area contributed by atoms with Crippen molar-refractivity contribution in [1.82, 2.24) is 4.57 Å². The molecule has 6 aromatic carbocycles. The van der Waals surface area contributed by atoms with E-state index in [2.05, 4.69) is 159 Å². The van der Waals surface area contributed by atoms with Crippen LogP contribution in [0.25, 0.3) is 55.7 Å². The van der Waals surface area contributed by atoms with Crippen molar-refractivity contribution in [2.45, 2.75) is 13.3 Å². The Morgan fingerprint density at radius 1 is 0.741 bits per heavy atom. The number of allylic oxidation sites excluding steroid dienone is 1. The van der Waals surface area contributed by atoms with Crippen LogP contribution in [0.1, 0.15) is 29.3 Å². The molecular weight excluding hydrogens is 705 g/mol. The van der Waals surface area contributed by atoms with Crippen molar-refractivity contribution in [3.63, 3.8) is 0 Å². The maximum atomic E-state index is 6.41. The maximum Gasteiger partial charge on any atom is 0.163 e. The van der Waals surface area contributed by atoms with Gasteiger partial charge in [-0.15, -0.1) is 16.4 Å². The number of furan rings is 1. The summed E-state index contributed by atoms with van der Waals surface area (Å²) in [6.45, 7) is 6.37. The minimum Gasteiger partial charge on any atom is -0.456 e. The first-order chi connectivity index (χ1) is 28.2. The lowest BCUT2D eigenvalue weighted by atomic mass is 9.60. The molecule has 0 saturated heterocycles. The molecule has 0 saturated carbocycles. The van der Waals surface area contributed by atoms with Gasteiger partial charge in [-0.1, -0.05) is 96.7 Å². The molecule has 11 heteroatoms. The van der Waals surface area contributed by atoms with E-state index in [4.69, 9.17) is 14.4 Å². The quantitative estimate of drug-likeness (QED) is 0.162. The van der Waals surface area contributed by atoms with Crippen molar-refractivity contribution in [3.05, 3.63) is 138 Å². The Morgan fingerprint density at radius 3 is 2.19 bits per heavy atom. The number of aromatic nitrogens is 1. The summed E-state index contributed by atoms with van der Waals surface area (Å²) in [5.41, 5.74) is 18.2. The van der Waals surface area contributed by atoms with Gasteiger partial charge in [0, 0.05) is 68.1 Å². The number of aliphatic imine (C=N–C) groups is 3. The van der Waals surface area contributed by atoms with Gasteiger partial charge in [0.05, 0.1) is 11.2 Å². The number of benzene rings is 6. The fourth-order valence-electron chi connectivity index (χ4n) is 8.94. The molecule has 8 aromatic rings. The monoisotopic (exact) mass is 747 g/mol. The molecule has 9 rings (SSSR count). The van der Waals surface area contributed by atoms with Crippen LogP contribution in [-0.4, -0.2) is 69.2 Å². The Bertz CT molecular complexity index is 3040. The second-order valence-electron chi connectivity index (χ2n) is 15.5. The zero-order chi connectivity index (χ0) is 40.2. The van der Waals surface area contributed by atoms with Gasteiger partial charge in [0.1, 0.15) is 50.4 Å². The summed E-state index contributed by atoms with van der Waals surface area (Å²) in [6.07, 6.45) is 5.60. The average Bonchev–Trinajstić information content (AvgIpc) is 3.80. The van der Waals surface area contributed by atoms with Crippen LogP contribution in [-0.2, 0) is 6.42 Å². The number of nitrogens with one attached hydrogen (secondary N) is 1. The molecule has 2 aromatic heterocycles. The zero-order valence-corrected chi connectivity index (χ0v) is 34.2. The van der Waals surface area contributed by atoms with E-state index in [1.165, 1.54) is 33.0 Å². The number of para-hydroxylation sites is 3. The van der Waals surface area contributed by atoms with Crippen LogP contribution in [0.4, 0.5) is 11.4 Å².